The summed E-state index contributed by atoms with van der Waals surface area (Å²) in [6, 6.07) is 5.75. The molecular formula is C13H12N2OS. The zero-order valence-electron chi connectivity index (χ0n) is 9.51. The van der Waals surface area contributed by atoms with Crippen molar-refractivity contribution in [1.29, 1.82) is 0 Å². The van der Waals surface area contributed by atoms with E-state index in [2.05, 4.69) is 9.97 Å². The lowest BCUT2D eigenvalue weighted by Gasteiger charge is -1.93. The second kappa shape index (κ2) is 4.04. The van der Waals surface area contributed by atoms with Gasteiger partial charge in [0, 0.05) is 19.0 Å². The number of Topliss-reactive ketones (excluding diaryl/α,β-unsaturated/α-hetero) is 1. The molecule has 0 N–H and O–H groups in total. The van der Waals surface area contributed by atoms with Crippen molar-refractivity contribution >= 4 is 17.1 Å². The molecule has 0 spiro atoms. The Morgan fingerprint density at radius 1 is 1.41 bits per heavy atom. The molecule has 0 radical (unpaired) electrons. The standard InChI is InChI=1S/C13H12N2OS/c1-8(16)12-11(9-5-6-9)15-13(17-12)10-4-2-3-7-14-10/h2-4,7,9H,5-6H2,1H3. The van der Waals surface area contributed by atoms with Crippen LogP contribution in [0.1, 0.15) is 41.0 Å². The van der Waals surface area contributed by atoms with E-state index in [1.807, 2.05) is 18.2 Å². The van der Waals surface area contributed by atoms with E-state index in [1.165, 1.54) is 11.3 Å². The quantitative estimate of drug-likeness (QED) is 0.778. The van der Waals surface area contributed by atoms with Gasteiger partial charge in [0.25, 0.3) is 0 Å². The molecule has 86 valence electrons. The third-order valence-electron chi connectivity index (χ3n) is 2.82. The fourth-order valence-corrected chi connectivity index (χ4v) is 2.84. The highest BCUT2D eigenvalue weighted by molar-refractivity contribution is 7.17. The molecule has 17 heavy (non-hydrogen) atoms. The molecule has 1 fully saturated rings. The van der Waals surface area contributed by atoms with Gasteiger partial charge in [-0.1, -0.05) is 6.07 Å². The molecule has 0 atom stereocenters. The summed E-state index contributed by atoms with van der Waals surface area (Å²) in [6.45, 7) is 1.61. The van der Waals surface area contributed by atoms with Gasteiger partial charge in [0.1, 0.15) is 5.01 Å². The minimum atomic E-state index is 0.117. The van der Waals surface area contributed by atoms with Crippen LogP contribution in [0.15, 0.2) is 24.4 Å². The van der Waals surface area contributed by atoms with E-state index in [0.29, 0.717) is 5.92 Å². The van der Waals surface area contributed by atoms with Crippen molar-refractivity contribution in [2.45, 2.75) is 25.7 Å². The first-order valence-electron chi connectivity index (χ1n) is 5.69. The van der Waals surface area contributed by atoms with Gasteiger partial charge in [0.2, 0.25) is 0 Å². The van der Waals surface area contributed by atoms with E-state index in [9.17, 15) is 4.79 Å². The number of hydrogen-bond acceptors (Lipinski definition) is 4. The van der Waals surface area contributed by atoms with Crippen molar-refractivity contribution in [3.05, 3.63) is 35.0 Å². The minimum absolute atomic E-state index is 0.117. The Morgan fingerprint density at radius 3 is 2.82 bits per heavy atom. The Labute approximate surface area is 104 Å². The predicted molar refractivity (Wildman–Crippen MR) is 67.3 cm³/mol. The molecule has 0 aromatic carbocycles. The van der Waals surface area contributed by atoms with Crippen LogP contribution < -0.4 is 0 Å². The lowest BCUT2D eigenvalue weighted by atomic mass is 10.2. The topological polar surface area (TPSA) is 42.9 Å². The maximum Gasteiger partial charge on any atom is 0.171 e. The summed E-state index contributed by atoms with van der Waals surface area (Å²) in [5.74, 6) is 0.620. The number of thiazole rings is 1. The smallest absolute Gasteiger partial charge is 0.171 e. The zero-order valence-corrected chi connectivity index (χ0v) is 10.3. The van der Waals surface area contributed by atoms with Crippen LogP contribution in [0, 0.1) is 0 Å². The summed E-state index contributed by atoms with van der Waals surface area (Å²) < 4.78 is 0. The van der Waals surface area contributed by atoms with Gasteiger partial charge in [-0.3, -0.25) is 9.78 Å². The highest BCUT2D eigenvalue weighted by Gasteiger charge is 2.31. The summed E-state index contributed by atoms with van der Waals surface area (Å²) in [5, 5.41) is 0.859. The first-order valence-corrected chi connectivity index (χ1v) is 6.50. The van der Waals surface area contributed by atoms with Crippen molar-refractivity contribution in [2.75, 3.05) is 0 Å². The second-order valence-corrected chi connectivity index (χ2v) is 5.28. The maximum atomic E-state index is 11.6. The van der Waals surface area contributed by atoms with Gasteiger partial charge in [-0.05, 0) is 25.0 Å². The van der Waals surface area contributed by atoms with E-state index in [4.69, 9.17) is 0 Å². The molecule has 1 aliphatic carbocycles. The minimum Gasteiger partial charge on any atom is -0.294 e. The monoisotopic (exact) mass is 244 g/mol. The molecule has 0 bridgehead atoms. The van der Waals surface area contributed by atoms with Crippen LogP contribution in [-0.4, -0.2) is 15.8 Å². The SMILES string of the molecule is CC(=O)c1sc(-c2ccccn2)nc1C1CC1. The number of rotatable bonds is 3. The van der Waals surface area contributed by atoms with Gasteiger partial charge in [-0.25, -0.2) is 4.98 Å². The molecule has 0 unspecified atom stereocenters. The highest BCUT2D eigenvalue weighted by Crippen LogP contribution is 2.44. The number of ketones is 1. The number of aromatic nitrogens is 2. The number of carbonyl (C=O) groups excluding carboxylic acids is 1. The Kier molecular flexibility index (Phi) is 2.52. The van der Waals surface area contributed by atoms with Crippen LogP contribution >= 0.6 is 11.3 Å². The number of pyridine rings is 1. The van der Waals surface area contributed by atoms with E-state index < -0.39 is 0 Å². The van der Waals surface area contributed by atoms with Gasteiger partial charge in [0.05, 0.1) is 16.3 Å². The van der Waals surface area contributed by atoms with Crippen LogP contribution in [0.5, 0.6) is 0 Å². The predicted octanol–water partition coefficient (Wildman–Crippen LogP) is 3.29. The number of hydrogen-bond donors (Lipinski definition) is 0. The van der Waals surface area contributed by atoms with E-state index >= 15 is 0 Å². The van der Waals surface area contributed by atoms with Gasteiger partial charge >= 0.3 is 0 Å². The average molecular weight is 244 g/mol. The molecule has 2 aromatic rings. The number of nitrogens with zero attached hydrogens (tertiary/aromatic N) is 2. The number of carbonyl (C=O) groups is 1. The lowest BCUT2D eigenvalue weighted by Crippen LogP contribution is -1.93. The van der Waals surface area contributed by atoms with Crippen molar-refractivity contribution in [3.8, 4) is 10.7 Å². The molecule has 0 aliphatic heterocycles. The van der Waals surface area contributed by atoms with Crippen LogP contribution in [0.4, 0.5) is 0 Å². The summed E-state index contributed by atoms with van der Waals surface area (Å²) in [4.78, 5) is 21.3. The summed E-state index contributed by atoms with van der Waals surface area (Å²) in [6.07, 6.45) is 4.07. The second-order valence-electron chi connectivity index (χ2n) is 4.28. The van der Waals surface area contributed by atoms with Crippen LogP contribution in [0.25, 0.3) is 10.7 Å². The maximum absolute atomic E-state index is 11.6. The summed E-state index contributed by atoms with van der Waals surface area (Å²) in [5.41, 5.74) is 1.84. The van der Waals surface area contributed by atoms with E-state index in [-0.39, 0.29) is 5.78 Å². The molecule has 2 aromatic heterocycles. The van der Waals surface area contributed by atoms with Crippen molar-refractivity contribution in [1.82, 2.24) is 9.97 Å². The molecule has 3 nitrogen and oxygen atoms in total. The largest absolute Gasteiger partial charge is 0.294 e. The molecular weight excluding hydrogens is 232 g/mol. The van der Waals surface area contributed by atoms with Gasteiger partial charge in [-0.2, -0.15) is 0 Å². The van der Waals surface area contributed by atoms with Crippen molar-refractivity contribution in [3.63, 3.8) is 0 Å². The summed E-state index contributed by atoms with van der Waals surface area (Å²) >= 11 is 1.47. The molecule has 1 saturated carbocycles. The van der Waals surface area contributed by atoms with E-state index in [1.54, 1.807) is 13.1 Å². The van der Waals surface area contributed by atoms with Gasteiger partial charge < -0.3 is 0 Å². The van der Waals surface area contributed by atoms with Gasteiger partial charge in [-0.15, -0.1) is 11.3 Å². The van der Waals surface area contributed by atoms with Crippen molar-refractivity contribution in [2.24, 2.45) is 0 Å². The Bertz CT molecular complexity index is 558. The van der Waals surface area contributed by atoms with Crippen LogP contribution in [-0.2, 0) is 0 Å². The highest BCUT2D eigenvalue weighted by atomic mass is 32.1. The first kappa shape index (κ1) is 10.6. The molecule has 2 heterocycles. The third-order valence-corrected chi connectivity index (χ3v) is 4.02. The zero-order chi connectivity index (χ0) is 11.8. The molecule has 0 saturated heterocycles. The fraction of sp³-hybridized carbons (Fsp3) is 0.308. The normalized spacial score (nSPS) is 14.9. The molecule has 4 heteroatoms. The third kappa shape index (κ3) is 2.00. The van der Waals surface area contributed by atoms with E-state index in [0.717, 1.165) is 34.1 Å². The first-order chi connectivity index (χ1) is 8.25. The molecule has 0 amide bonds. The molecule has 1 aliphatic rings. The lowest BCUT2D eigenvalue weighted by molar-refractivity contribution is 0.102. The fourth-order valence-electron chi connectivity index (χ4n) is 1.82. The van der Waals surface area contributed by atoms with Gasteiger partial charge in [0.15, 0.2) is 5.78 Å². The van der Waals surface area contributed by atoms with Crippen molar-refractivity contribution < 1.29 is 4.79 Å². The van der Waals surface area contributed by atoms with Crippen LogP contribution in [0.3, 0.4) is 0 Å². The van der Waals surface area contributed by atoms with Crippen LogP contribution in [0.2, 0.25) is 0 Å². The Hall–Kier alpha value is -1.55. The average Bonchev–Trinajstić information content (AvgIpc) is 3.09. The molecule has 3 rings (SSSR count). The summed E-state index contributed by atoms with van der Waals surface area (Å²) in [7, 11) is 0. The Balaban J connectivity index is 2.07. The Morgan fingerprint density at radius 2 is 2.24 bits per heavy atom.